The van der Waals surface area contributed by atoms with Crippen molar-refractivity contribution in [1.29, 1.82) is 0 Å². The summed E-state index contributed by atoms with van der Waals surface area (Å²) in [4.78, 5) is -0.0174. The Bertz CT molecular complexity index is 785. The fourth-order valence-electron chi connectivity index (χ4n) is 3.19. The summed E-state index contributed by atoms with van der Waals surface area (Å²) in [6.45, 7) is 4.28. The SMILES string of the molecule is CCCCCc1ccc2c(S(=O)(=O)[O-])c(CCCCC)ccc2c1.[Na+]. The van der Waals surface area contributed by atoms with Crippen LogP contribution in [0.4, 0.5) is 0 Å². The molecule has 2 rings (SSSR count). The zero-order valence-electron chi connectivity index (χ0n) is 15.7. The number of unbranched alkanes of at least 4 members (excludes halogenated alkanes) is 4. The number of benzene rings is 2. The summed E-state index contributed by atoms with van der Waals surface area (Å²) >= 11 is 0. The van der Waals surface area contributed by atoms with Gasteiger partial charge in [0.2, 0.25) is 0 Å². The molecular formula is C20H27NaO3S. The molecule has 0 unspecified atom stereocenters. The average molecular weight is 370 g/mol. The van der Waals surface area contributed by atoms with Gasteiger partial charge in [-0.3, -0.25) is 0 Å². The quantitative estimate of drug-likeness (QED) is 0.386. The molecule has 0 bridgehead atoms. The molecule has 0 N–H and O–H groups in total. The summed E-state index contributed by atoms with van der Waals surface area (Å²) in [5.41, 5.74) is 1.86. The number of hydrogen-bond acceptors (Lipinski definition) is 3. The summed E-state index contributed by atoms with van der Waals surface area (Å²) in [6, 6.07) is 9.57. The van der Waals surface area contributed by atoms with Crippen LogP contribution in [0.2, 0.25) is 0 Å². The average Bonchev–Trinajstić information content (AvgIpc) is 2.54. The Morgan fingerprint density at radius 3 is 2.12 bits per heavy atom. The van der Waals surface area contributed by atoms with E-state index < -0.39 is 10.1 Å². The van der Waals surface area contributed by atoms with Crippen LogP contribution in [0.25, 0.3) is 10.8 Å². The van der Waals surface area contributed by atoms with E-state index in [2.05, 4.69) is 13.8 Å². The normalized spacial score (nSPS) is 11.5. The van der Waals surface area contributed by atoms with E-state index in [1.54, 1.807) is 0 Å². The zero-order valence-corrected chi connectivity index (χ0v) is 18.5. The van der Waals surface area contributed by atoms with Gasteiger partial charge >= 0.3 is 29.6 Å². The Labute approximate surface area is 174 Å². The minimum Gasteiger partial charge on any atom is -0.744 e. The van der Waals surface area contributed by atoms with Crippen molar-refractivity contribution in [3.05, 3.63) is 41.5 Å². The van der Waals surface area contributed by atoms with Gasteiger partial charge in [0.1, 0.15) is 10.1 Å². The van der Waals surface area contributed by atoms with Gasteiger partial charge in [0.25, 0.3) is 0 Å². The standard InChI is InChI=1S/C20H28O3S.Na/c1-3-5-7-9-16-11-14-19-18(15-16)13-12-17(10-8-6-4-2)20(19)24(21,22)23;/h11-15H,3-10H2,1-2H3,(H,21,22,23);/q;+1/p-1. The summed E-state index contributed by atoms with van der Waals surface area (Å²) in [5.74, 6) is 0. The minimum absolute atomic E-state index is 0. The summed E-state index contributed by atoms with van der Waals surface area (Å²) in [7, 11) is -4.48. The van der Waals surface area contributed by atoms with Crippen molar-refractivity contribution in [2.75, 3.05) is 0 Å². The Kier molecular flexibility index (Phi) is 9.68. The second-order valence-electron chi connectivity index (χ2n) is 6.48. The third kappa shape index (κ3) is 6.37. The predicted octanol–water partition coefficient (Wildman–Crippen LogP) is 2.21. The van der Waals surface area contributed by atoms with Crippen molar-refractivity contribution in [3.63, 3.8) is 0 Å². The van der Waals surface area contributed by atoms with E-state index in [1.165, 1.54) is 18.4 Å². The zero-order chi connectivity index (χ0) is 17.6. The maximum absolute atomic E-state index is 11.8. The molecule has 0 atom stereocenters. The maximum atomic E-state index is 11.8. The van der Waals surface area contributed by atoms with Crippen molar-refractivity contribution < 1.29 is 42.5 Å². The molecule has 0 aromatic heterocycles. The smallest absolute Gasteiger partial charge is 0.744 e. The first-order valence-corrected chi connectivity index (χ1v) is 10.4. The van der Waals surface area contributed by atoms with Crippen LogP contribution in [0, 0.1) is 0 Å². The van der Waals surface area contributed by atoms with Gasteiger partial charge < -0.3 is 4.55 Å². The van der Waals surface area contributed by atoms with E-state index in [-0.39, 0.29) is 34.5 Å². The van der Waals surface area contributed by atoms with E-state index >= 15 is 0 Å². The van der Waals surface area contributed by atoms with Crippen molar-refractivity contribution in [3.8, 4) is 0 Å². The third-order valence-electron chi connectivity index (χ3n) is 4.49. The van der Waals surface area contributed by atoms with Crippen LogP contribution in [0.1, 0.15) is 63.5 Å². The molecule has 0 saturated carbocycles. The van der Waals surface area contributed by atoms with Gasteiger partial charge in [-0.05, 0) is 47.6 Å². The minimum atomic E-state index is -4.48. The molecule has 0 saturated heterocycles. The first-order chi connectivity index (χ1) is 11.5. The van der Waals surface area contributed by atoms with Crippen LogP contribution in [-0.4, -0.2) is 13.0 Å². The first kappa shape index (κ1) is 22.7. The van der Waals surface area contributed by atoms with E-state index in [1.807, 2.05) is 30.3 Å². The molecule has 25 heavy (non-hydrogen) atoms. The molecule has 2 aromatic carbocycles. The molecular weight excluding hydrogens is 343 g/mol. The van der Waals surface area contributed by atoms with Gasteiger partial charge in [-0.2, -0.15) is 0 Å². The molecule has 2 aromatic rings. The van der Waals surface area contributed by atoms with Crippen LogP contribution in [-0.2, 0) is 23.0 Å². The number of fused-ring (bicyclic) bond motifs is 1. The fourth-order valence-corrected chi connectivity index (χ4v) is 4.13. The second kappa shape index (κ2) is 10.7. The molecule has 0 aliphatic carbocycles. The van der Waals surface area contributed by atoms with E-state index in [0.717, 1.165) is 37.5 Å². The van der Waals surface area contributed by atoms with E-state index in [9.17, 15) is 13.0 Å². The molecule has 3 nitrogen and oxygen atoms in total. The van der Waals surface area contributed by atoms with Crippen LogP contribution in [0.5, 0.6) is 0 Å². The number of aryl methyl sites for hydroxylation is 2. The fraction of sp³-hybridized carbons (Fsp3) is 0.500. The Morgan fingerprint density at radius 1 is 0.880 bits per heavy atom. The van der Waals surface area contributed by atoms with Crippen molar-refractivity contribution in [1.82, 2.24) is 0 Å². The Morgan fingerprint density at radius 2 is 1.52 bits per heavy atom. The molecule has 0 heterocycles. The van der Waals surface area contributed by atoms with Crippen LogP contribution >= 0.6 is 0 Å². The summed E-state index contributed by atoms with van der Waals surface area (Å²) in [6.07, 6.45) is 8.12. The molecule has 5 heteroatoms. The van der Waals surface area contributed by atoms with Crippen LogP contribution in [0.3, 0.4) is 0 Å². The van der Waals surface area contributed by atoms with Gasteiger partial charge in [0, 0.05) is 0 Å². The van der Waals surface area contributed by atoms with Gasteiger partial charge in [-0.25, -0.2) is 8.42 Å². The molecule has 132 valence electrons. The topological polar surface area (TPSA) is 57.2 Å². The third-order valence-corrected chi connectivity index (χ3v) is 5.47. The molecule has 0 aliphatic rings. The number of hydrogen-bond donors (Lipinski definition) is 0. The Hall–Kier alpha value is -0.390. The number of rotatable bonds is 9. The molecule has 0 aliphatic heterocycles. The second-order valence-corrected chi connectivity index (χ2v) is 7.79. The van der Waals surface area contributed by atoms with E-state index in [4.69, 9.17) is 0 Å². The Balaban J connectivity index is 0.00000312. The first-order valence-electron chi connectivity index (χ1n) is 8.97. The van der Waals surface area contributed by atoms with Crippen molar-refractivity contribution >= 4 is 20.9 Å². The van der Waals surface area contributed by atoms with Gasteiger partial charge in [0.15, 0.2) is 0 Å². The van der Waals surface area contributed by atoms with Gasteiger partial charge in [0.05, 0.1) is 4.90 Å². The van der Waals surface area contributed by atoms with Crippen molar-refractivity contribution in [2.45, 2.75) is 70.1 Å². The monoisotopic (exact) mass is 370 g/mol. The van der Waals surface area contributed by atoms with Crippen LogP contribution < -0.4 is 29.6 Å². The molecule has 0 radical (unpaired) electrons. The van der Waals surface area contributed by atoms with Gasteiger partial charge in [-0.1, -0.05) is 69.9 Å². The predicted molar refractivity (Wildman–Crippen MR) is 98.4 cm³/mol. The molecule has 0 fully saturated rings. The van der Waals surface area contributed by atoms with Crippen molar-refractivity contribution in [2.24, 2.45) is 0 Å². The van der Waals surface area contributed by atoms with Gasteiger partial charge in [-0.15, -0.1) is 0 Å². The van der Waals surface area contributed by atoms with Crippen LogP contribution in [0.15, 0.2) is 35.2 Å². The molecule has 0 spiro atoms. The van der Waals surface area contributed by atoms with E-state index in [0.29, 0.717) is 17.4 Å². The largest absolute Gasteiger partial charge is 1.00 e. The maximum Gasteiger partial charge on any atom is 1.00 e. The summed E-state index contributed by atoms with van der Waals surface area (Å²) < 4.78 is 35.5. The summed E-state index contributed by atoms with van der Waals surface area (Å²) in [5, 5.41) is 1.41. The molecule has 0 amide bonds.